The Morgan fingerprint density at radius 3 is 2.83 bits per heavy atom. The van der Waals surface area contributed by atoms with Crippen LogP contribution < -0.4 is 5.32 Å². The van der Waals surface area contributed by atoms with Gasteiger partial charge in [0.1, 0.15) is 11.6 Å². The molecule has 6 atom stereocenters. The molecular formula is C21H25ClN2O6. The standard InChI is InChI=1S/C21H25ClN2O6/c1-3-29-20(28)15-14-8-9-21(30-14)16(15)19(27)24(11(2)10-25)17(21)18(26)23-13-7-5-4-6-12(13)22/h4-7,11,14-17,25H,3,8-10H2,1-2H3,(H,23,26)/t11-,14-,15+,16+,17-,21+/m1/s1. The lowest BCUT2D eigenvalue weighted by Gasteiger charge is -2.35. The number of anilines is 1. The third-order valence-corrected chi connectivity index (χ3v) is 6.75. The van der Waals surface area contributed by atoms with Gasteiger partial charge in [0.05, 0.1) is 47.9 Å². The van der Waals surface area contributed by atoms with E-state index >= 15 is 0 Å². The molecule has 0 aromatic heterocycles. The lowest BCUT2D eigenvalue weighted by Crippen LogP contribution is -2.55. The van der Waals surface area contributed by atoms with Gasteiger partial charge in [-0.1, -0.05) is 23.7 Å². The average molecular weight is 437 g/mol. The number of esters is 1. The second-order valence-corrected chi connectivity index (χ2v) is 8.46. The van der Waals surface area contributed by atoms with E-state index in [0.717, 1.165) is 0 Å². The van der Waals surface area contributed by atoms with Crippen LogP contribution in [-0.2, 0) is 23.9 Å². The number of likely N-dealkylation sites (tertiary alicyclic amines) is 1. The van der Waals surface area contributed by atoms with Crippen molar-refractivity contribution in [3.8, 4) is 0 Å². The Bertz CT molecular complexity index is 879. The van der Waals surface area contributed by atoms with Crippen LogP contribution in [0.5, 0.6) is 0 Å². The topological polar surface area (TPSA) is 105 Å². The van der Waals surface area contributed by atoms with Gasteiger partial charge in [0.25, 0.3) is 0 Å². The second-order valence-electron chi connectivity index (χ2n) is 8.05. The maximum absolute atomic E-state index is 13.4. The zero-order chi connectivity index (χ0) is 21.6. The van der Waals surface area contributed by atoms with E-state index in [1.54, 1.807) is 38.1 Å². The van der Waals surface area contributed by atoms with E-state index < -0.39 is 47.5 Å². The van der Waals surface area contributed by atoms with Crippen LogP contribution in [0.3, 0.4) is 0 Å². The maximum Gasteiger partial charge on any atom is 0.312 e. The Balaban J connectivity index is 1.73. The summed E-state index contributed by atoms with van der Waals surface area (Å²) >= 11 is 6.19. The highest BCUT2D eigenvalue weighted by molar-refractivity contribution is 6.33. The van der Waals surface area contributed by atoms with Gasteiger partial charge in [-0.3, -0.25) is 14.4 Å². The summed E-state index contributed by atoms with van der Waals surface area (Å²) < 4.78 is 11.4. The third-order valence-electron chi connectivity index (χ3n) is 6.42. The molecule has 9 heteroatoms. The molecule has 1 aromatic carbocycles. The fraction of sp³-hybridized carbons (Fsp3) is 0.571. The predicted octanol–water partition coefficient (Wildman–Crippen LogP) is 1.60. The number of para-hydroxylation sites is 1. The summed E-state index contributed by atoms with van der Waals surface area (Å²) in [7, 11) is 0. The Morgan fingerprint density at radius 1 is 1.43 bits per heavy atom. The van der Waals surface area contributed by atoms with Gasteiger partial charge >= 0.3 is 5.97 Å². The van der Waals surface area contributed by atoms with E-state index in [2.05, 4.69) is 5.32 Å². The van der Waals surface area contributed by atoms with Gasteiger partial charge in [-0.25, -0.2) is 0 Å². The number of ether oxygens (including phenoxy) is 2. The summed E-state index contributed by atoms with van der Waals surface area (Å²) in [6.45, 7) is 3.25. The van der Waals surface area contributed by atoms with Crippen molar-refractivity contribution < 1.29 is 29.0 Å². The lowest BCUT2D eigenvalue weighted by atomic mass is 9.71. The quantitative estimate of drug-likeness (QED) is 0.656. The fourth-order valence-corrected chi connectivity index (χ4v) is 5.41. The second kappa shape index (κ2) is 7.83. The van der Waals surface area contributed by atoms with E-state index in [-0.39, 0.29) is 19.1 Å². The molecule has 3 aliphatic rings. The van der Waals surface area contributed by atoms with Crippen LogP contribution in [0.15, 0.2) is 24.3 Å². The molecule has 8 nitrogen and oxygen atoms in total. The highest BCUT2D eigenvalue weighted by atomic mass is 35.5. The van der Waals surface area contributed by atoms with Crippen molar-refractivity contribution in [1.82, 2.24) is 4.90 Å². The van der Waals surface area contributed by atoms with Crippen LogP contribution in [0.25, 0.3) is 0 Å². The number of amides is 2. The summed E-state index contributed by atoms with van der Waals surface area (Å²) in [5.74, 6) is -2.87. The number of fused-ring (bicyclic) bond motifs is 1. The SMILES string of the molecule is CCOC(=O)[C@@H]1[C@H]2C(=O)N([C@H](C)CO)[C@H](C(=O)Nc3ccccc3Cl)[C@]23CC[C@H]1O3. The minimum atomic E-state index is -1.13. The molecule has 3 saturated heterocycles. The van der Waals surface area contributed by atoms with E-state index in [4.69, 9.17) is 21.1 Å². The molecule has 3 aliphatic heterocycles. The van der Waals surface area contributed by atoms with Crippen LogP contribution in [0.4, 0.5) is 5.69 Å². The average Bonchev–Trinajstić information content (AvgIpc) is 3.36. The van der Waals surface area contributed by atoms with Crippen molar-refractivity contribution in [2.24, 2.45) is 11.8 Å². The Kier molecular flexibility index (Phi) is 5.50. The van der Waals surface area contributed by atoms with Crippen molar-refractivity contribution in [2.75, 3.05) is 18.5 Å². The number of carbonyl (C=O) groups excluding carboxylic acids is 3. The van der Waals surface area contributed by atoms with E-state index in [1.165, 1.54) is 4.90 Å². The number of hydrogen-bond acceptors (Lipinski definition) is 6. The molecule has 30 heavy (non-hydrogen) atoms. The van der Waals surface area contributed by atoms with Gasteiger partial charge in [-0.2, -0.15) is 0 Å². The molecule has 0 aliphatic carbocycles. The monoisotopic (exact) mass is 436 g/mol. The summed E-state index contributed by atoms with van der Waals surface area (Å²) in [5, 5.41) is 12.9. The molecule has 162 valence electrons. The lowest BCUT2D eigenvalue weighted by molar-refractivity contribution is -0.155. The first-order valence-electron chi connectivity index (χ1n) is 10.2. The highest BCUT2D eigenvalue weighted by Gasteiger charge is 2.75. The molecule has 3 fully saturated rings. The molecule has 2 N–H and O–H groups in total. The van der Waals surface area contributed by atoms with Gasteiger partial charge in [0.2, 0.25) is 11.8 Å². The number of rotatable bonds is 6. The van der Waals surface area contributed by atoms with Crippen LogP contribution in [-0.4, -0.2) is 64.8 Å². The van der Waals surface area contributed by atoms with Crippen molar-refractivity contribution >= 4 is 35.1 Å². The number of hydrogen-bond donors (Lipinski definition) is 2. The predicted molar refractivity (Wildman–Crippen MR) is 108 cm³/mol. The summed E-state index contributed by atoms with van der Waals surface area (Å²) in [5.41, 5.74) is -0.712. The maximum atomic E-state index is 13.4. The van der Waals surface area contributed by atoms with Gasteiger partial charge in [-0.15, -0.1) is 0 Å². The van der Waals surface area contributed by atoms with E-state index in [1.807, 2.05) is 0 Å². The smallest absolute Gasteiger partial charge is 0.312 e. The Morgan fingerprint density at radius 2 is 2.17 bits per heavy atom. The van der Waals surface area contributed by atoms with Gasteiger partial charge in [0.15, 0.2) is 0 Å². The van der Waals surface area contributed by atoms with Crippen LogP contribution in [0.2, 0.25) is 5.02 Å². The first-order valence-corrected chi connectivity index (χ1v) is 10.6. The van der Waals surface area contributed by atoms with Gasteiger partial charge in [-0.05, 0) is 38.8 Å². The van der Waals surface area contributed by atoms with Gasteiger partial charge < -0.3 is 24.8 Å². The van der Waals surface area contributed by atoms with E-state index in [0.29, 0.717) is 23.6 Å². The number of benzene rings is 1. The van der Waals surface area contributed by atoms with Gasteiger partial charge in [0, 0.05) is 0 Å². The largest absolute Gasteiger partial charge is 0.466 e. The normalized spacial score (nSPS) is 32.8. The molecule has 0 unspecified atom stereocenters. The fourth-order valence-electron chi connectivity index (χ4n) is 5.22. The van der Waals surface area contributed by atoms with Crippen LogP contribution in [0.1, 0.15) is 26.7 Å². The van der Waals surface area contributed by atoms with E-state index in [9.17, 15) is 19.5 Å². The molecule has 0 saturated carbocycles. The van der Waals surface area contributed by atoms with Crippen LogP contribution in [0, 0.1) is 11.8 Å². The molecule has 4 rings (SSSR count). The Labute approximate surface area is 179 Å². The zero-order valence-electron chi connectivity index (χ0n) is 16.8. The number of nitrogens with one attached hydrogen (secondary N) is 1. The number of nitrogens with zero attached hydrogens (tertiary/aromatic N) is 1. The third kappa shape index (κ3) is 3.01. The minimum Gasteiger partial charge on any atom is -0.466 e. The number of aliphatic hydroxyl groups excluding tert-OH is 1. The minimum absolute atomic E-state index is 0.198. The van der Waals surface area contributed by atoms with Crippen molar-refractivity contribution in [3.05, 3.63) is 29.3 Å². The molecule has 2 bridgehead atoms. The van der Waals surface area contributed by atoms with Crippen molar-refractivity contribution in [3.63, 3.8) is 0 Å². The first kappa shape index (κ1) is 21.1. The number of halogens is 1. The summed E-state index contributed by atoms with van der Waals surface area (Å²) in [6.07, 6.45) is 0.573. The summed E-state index contributed by atoms with van der Waals surface area (Å²) in [4.78, 5) is 40.9. The zero-order valence-corrected chi connectivity index (χ0v) is 17.6. The van der Waals surface area contributed by atoms with Crippen molar-refractivity contribution in [2.45, 2.75) is 50.5 Å². The number of carbonyl (C=O) groups is 3. The Hall–Kier alpha value is -2.16. The molecule has 2 amide bonds. The molecule has 1 aromatic rings. The first-order chi connectivity index (χ1) is 14.4. The number of aliphatic hydroxyl groups is 1. The molecular weight excluding hydrogens is 412 g/mol. The molecule has 0 radical (unpaired) electrons. The molecule has 1 spiro atoms. The summed E-state index contributed by atoms with van der Waals surface area (Å²) in [6, 6.07) is 5.20. The molecule has 3 heterocycles. The van der Waals surface area contributed by atoms with Crippen LogP contribution >= 0.6 is 11.6 Å². The van der Waals surface area contributed by atoms with Crippen molar-refractivity contribution in [1.29, 1.82) is 0 Å². The highest BCUT2D eigenvalue weighted by Crippen LogP contribution is 2.59.